The van der Waals surface area contributed by atoms with E-state index in [0.717, 1.165) is 17.3 Å². The number of carbonyl (C=O) groups excluding carboxylic acids is 1. The molecule has 0 aliphatic heterocycles. The highest BCUT2D eigenvalue weighted by atomic mass is 32.2. The molecule has 4 N–H and O–H groups in total. The number of para-hydroxylation sites is 2. The van der Waals surface area contributed by atoms with E-state index in [2.05, 4.69) is 29.0 Å². The molecule has 29 heavy (non-hydrogen) atoms. The van der Waals surface area contributed by atoms with Gasteiger partial charge in [0, 0.05) is 29.3 Å². The number of guanidine groups is 1. The van der Waals surface area contributed by atoms with E-state index in [0.29, 0.717) is 41.0 Å². The van der Waals surface area contributed by atoms with Crippen molar-refractivity contribution >= 4 is 39.6 Å². The van der Waals surface area contributed by atoms with Crippen LogP contribution < -0.4 is 11.5 Å². The summed E-state index contributed by atoms with van der Waals surface area (Å²) in [7, 11) is 0. The smallest absolute Gasteiger partial charge is 0.264 e. The van der Waals surface area contributed by atoms with Gasteiger partial charge < -0.3 is 20.3 Å². The molecule has 0 radical (unpaired) electrons. The first-order valence-electron chi connectivity index (χ1n) is 9.09. The Morgan fingerprint density at radius 2 is 1.97 bits per heavy atom. The normalized spacial score (nSPS) is 16.7. The molecule has 0 amide bonds. The van der Waals surface area contributed by atoms with Gasteiger partial charge in [-0.2, -0.15) is 5.10 Å². The molecule has 0 saturated heterocycles. The molecule has 0 spiro atoms. The average molecular weight is 411 g/mol. The molecule has 0 saturated carbocycles. The van der Waals surface area contributed by atoms with Gasteiger partial charge in [0.25, 0.3) is 10.3 Å². The fraction of sp³-hybridized carbons (Fsp3) is 0.300. The van der Waals surface area contributed by atoms with Crippen LogP contribution in [0.4, 0.5) is 0 Å². The maximum Gasteiger partial charge on any atom is 0.264 e. The number of furan rings is 1. The molecule has 4 rings (SSSR count). The van der Waals surface area contributed by atoms with Crippen LogP contribution in [0.5, 0.6) is 0 Å². The third-order valence-electron chi connectivity index (χ3n) is 4.72. The second kappa shape index (κ2) is 7.07. The Labute approximate surface area is 171 Å². The van der Waals surface area contributed by atoms with E-state index in [-0.39, 0.29) is 27.5 Å². The van der Waals surface area contributed by atoms with Gasteiger partial charge in [0.15, 0.2) is 11.3 Å². The van der Waals surface area contributed by atoms with Gasteiger partial charge in [0.1, 0.15) is 11.3 Å². The summed E-state index contributed by atoms with van der Waals surface area (Å²) in [5, 5.41) is 8.02. The molecule has 150 valence electrons. The number of benzene rings is 1. The van der Waals surface area contributed by atoms with Crippen LogP contribution in [0.25, 0.3) is 11.1 Å². The molecule has 3 aromatic rings. The van der Waals surface area contributed by atoms with Crippen LogP contribution in [0.3, 0.4) is 0 Å². The van der Waals surface area contributed by atoms with Gasteiger partial charge in [0.05, 0.1) is 5.71 Å². The first-order chi connectivity index (χ1) is 13.7. The summed E-state index contributed by atoms with van der Waals surface area (Å²) in [5.74, 6) is 0.855. The summed E-state index contributed by atoms with van der Waals surface area (Å²) in [4.78, 5) is 17.3. The number of oxazole rings is 1. The van der Waals surface area contributed by atoms with Crippen LogP contribution in [0.1, 0.15) is 47.7 Å². The summed E-state index contributed by atoms with van der Waals surface area (Å²) in [6, 6.07) is 7.36. The highest BCUT2D eigenvalue weighted by molar-refractivity contribution is 8.13. The Balaban J connectivity index is 1.69. The first kappa shape index (κ1) is 19.3. The minimum atomic E-state index is -0.276. The Kier molecular flexibility index (Phi) is 4.70. The number of rotatable bonds is 3. The fourth-order valence-corrected chi connectivity index (χ4v) is 4.25. The molecule has 0 unspecified atom stereocenters. The largest absolute Gasteiger partial charge is 0.456 e. The van der Waals surface area contributed by atoms with Gasteiger partial charge in [-0.15, -0.1) is 5.10 Å². The summed E-state index contributed by atoms with van der Waals surface area (Å²) in [6.45, 7) is 6.05. The summed E-state index contributed by atoms with van der Waals surface area (Å²) in [6.07, 6.45) is 1.36. The van der Waals surface area contributed by atoms with Crippen LogP contribution >= 0.6 is 11.8 Å². The number of carbonyl (C=O) groups is 1. The first-order valence-corrected chi connectivity index (χ1v) is 9.91. The SMILES string of the molecule is Cc1c(C(=O)Sc2nc3ccccc3o2)oc2c1/C(=N\N=C(N)N)CC(C)(C)C2. The van der Waals surface area contributed by atoms with Crippen molar-refractivity contribution in [3.63, 3.8) is 0 Å². The molecule has 1 aliphatic rings. The Morgan fingerprint density at radius 1 is 1.21 bits per heavy atom. The number of aromatic nitrogens is 1. The number of fused-ring (bicyclic) bond motifs is 2. The standard InChI is InChI=1S/C20H21N5O3S/c1-10-15-12(24-25-18(21)22)8-20(2,3)9-14(15)27-16(10)17(26)29-19-23-11-6-4-5-7-13(11)28-19/h4-7H,8-9H2,1-3H3,(H4,21,22,25)/b24-12-. The number of hydrogen-bond donors (Lipinski definition) is 2. The predicted octanol–water partition coefficient (Wildman–Crippen LogP) is 3.61. The van der Waals surface area contributed by atoms with Gasteiger partial charge in [-0.1, -0.05) is 26.0 Å². The molecule has 8 nitrogen and oxygen atoms in total. The van der Waals surface area contributed by atoms with E-state index in [9.17, 15) is 4.79 Å². The summed E-state index contributed by atoms with van der Waals surface area (Å²) >= 11 is 0.902. The van der Waals surface area contributed by atoms with Crippen molar-refractivity contribution in [1.29, 1.82) is 0 Å². The fourth-order valence-electron chi connectivity index (χ4n) is 3.53. The Bertz CT molecular complexity index is 1140. The van der Waals surface area contributed by atoms with Crippen LogP contribution in [0.2, 0.25) is 0 Å². The van der Waals surface area contributed by atoms with E-state index in [1.165, 1.54) is 0 Å². The molecule has 0 bridgehead atoms. The topological polar surface area (TPSA) is 133 Å². The van der Waals surface area contributed by atoms with Gasteiger partial charge in [-0.3, -0.25) is 4.79 Å². The van der Waals surface area contributed by atoms with E-state index >= 15 is 0 Å². The zero-order valence-electron chi connectivity index (χ0n) is 16.4. The lowest BCUT2D eigenvalue weighted by Gasteiger charge is -2.29. The van der Waals surface area contributed by atoms with Crippen molar-refractivity contribution in [2.24, 2.45) is 27.1 Å². The Morgan fingerprint density at radius 3 is 2.69 bits per heavy atom. The lowest BCUT2D eigenvalue weighted by molar-refractivity contribution is 0.106. The highest BCUT2D eigenvalue weighted by Crippen LogP contribution is 2.40. The third kappa shape index (κ3) is 3.77. The lowest BCUT2D eigenvalue weighted by atomic mass is 9.75. The second-order valence-corrected chi connectivity index (χ2v) is 8.70. The van der Waals surface area contributed by atoms with Crippen LogP contribution in [-0.2, 0) is 6.42 Å². The highest BCUT2D eigenvalue weighted by Gasteiger charge is 2.36. The number of nitrogens with two attached hydrogens (primary N) is 2. The number of hydrogen-bond acceptors (Lipinski definition) is 7. The van der Waals surface area contributed by atoms with Crippen molar-refractivity contribution in [1.82, 2.24) is 4.98 Å². The number of nitrogens with zero attached hydrogens (tertiary/aromatic N) is 3. The van der Waals surface area contributed by atoms with Gasteiger partial charge in [0.2, 0.25) is 5.96 Å². The molecule has 2 heterocycles. The second-order valence-electron chi connectivity index (χ2n) is 7.78. The van der Waals surface area contributed by atoms with Crippen molar-refractivity contribution in [3.05, 3.63) is 46.9 Å². The molecule has 0 atom stereocenters. The molecule has 0 fully saturated rings. The molecule has 1 aliphatic carbocycles. The molecular formula is C20H21N5O3S. The molecule has 1 aromatic carbocycles. The number of thioether (sulfide) groups is 1. The Hall–Kier alpha value is -3.07. The van der Waals surface area contributed by atoms with Crippen LogP contribution in [0.15, 0.2) is 48.5 Å². The average Bonchev–Trinajstić information content (AvgIpc) is 3.19. The zero-order chi connectivity index (χ0) is 20.8. The maximum atomic E-state index is 12.9. The minimum Gasteiger partial charge on any atom is -0.456 e. The molecule has 9 heteroatoms. The van der Waals surface area contributed by atoms with E-state index in [1.54, 1.807) is 0 Å². The summed E-state index contributed by atoms with van der Waals surface area (Å²) in [5.41, 5.74) is 14.3. The monoisotopic (exact) mass is 411 g/mol. The van der Waals surface area contributed by atoms with Gasteiger partial charge in [-0.05, 0) is 30.9 Å². The molecule has 2 aromatic heterocycles. The van der Waals surface area contributed by atoms with E-state index < -0.39 is 0 Å². The predicted molar refractivity (Wildman–Crippen MR) is 112 cm³/mol. The van der Waals surface area contributed by atoms with Gasteiger partial charge in [-0.25, -0.2) is 4.98 Å². The molecular weight excluding hydrogens is 390 g/mol. The van der Waals surface area contributed by atoms with Crippen molar-refractivity contribution in [3.8, 4) is 0 Å². The van der Waals surface area contributed by atoms with Gasteiger partial charge >= 0.3 is 0 Å². The summed E-state index contributed by atoms with van der Waals surface area (Å²) < 4.78 is 11.6. The van der Waals surface area contributed by atoms with Crippen molar-refractivity contribution in [2.75, 3.05) is 0 Å². The van der Waals surface area contributed by atoms with E-state index in [1.807, 2.05) is 31.2 Å². The van der Waals surface area contributed by atoms with E-state index in [4.69, 9.17) is 20.3 Å². The lowest BCUT2D eigenvalue weighted by Crippen LogP contribution is -2.27. The minimum absolute atomic E-state index is 0.0945. The third-order valence-corrected chi connectivity index (χ3v) is 5.44. The van der Waals surface area contributed by atoms with Crippen LogP contribution in [0, 0.1) is 12.3 Å². The van der Waals surface area contributed by atoms with Crippen molar-refractivity contribution < 1.29 is 13.6 Å². The van der Waals surface area contributed by atoms with Crippen LogP contribution in [-0.4, -0.2) is 21.8 Å². The van der Waals surface area contributed by atoms with Crippen molar-refractivity contribution in [2.45, 2.75) is 38.8 Å². The maximum absolute atomic E-state index is 12.9. The quantitative estimate of drug-likeness (QED) is 0.291. The zero-order valence-corrected chi connectivity index (χ0v) is 17.2.